The third kappa shape index (κ3) is 2.69. The molecule has 1 unspecified atom stereocenters. The summed E-state index contributed by atoms with van der Waals surface area (Å²) in [5.74, 6) is 0. The first-order valence-electron chi connectivity index (χ1n) is 8.43. The Balaban J connectivity index is 1.80. The number of likely N-dealkylation sites (tertiary alicyclic amines) is 1. The standard InChI is InChI=1S/C16H24N5O2/c1-13-4-5-14-15(12-13)21(22)17-20(14)16(18-6-2-3-7-18)19-8-10-23-11-9-19/h4-5,12,16H,2-3,6-11H2,1H3,(H,17,22)/q+1. The second-order valence-corrected chi connectivity index (χ2v) is 6.49. The molecule has 3 heterocycles. The number of aromatic amines is 1. The maximum absolute atomic E-state index is 12.3. The zero-order chi connectivity index (χ0) is 15.8. The van der Waals surface area contributed by atoms with Gasteiger partial charge in [-0.1, -0.05) is 11.3 Å². The lowest BCUT2D eigenvalue weighted by molar-refractivity contribution is -0.542. The molecule has 1 aromatic heterocycles. The van der Waals surface area contributed by atoms with Gasteiger partial charge < -0.3 is 4.74 Å². The molecule has 2 aliphatic heterocycles. The van der Waals surface area contributed by atoms with Crippen molar-refractivity contribution in [1.82, 2.24) is 19.7 Å². The highest BCUT2D eigenvalue weighted by molar-refractivity contribution is 5.72. The number of hydrogen-bond acceptors (Lipinski definition) is 4. The fourth-order valence-electron chi connectivity index (χ4n) is 3.72. The maximum Gasteiger partial charge on any atom is 0.249 e. The van der Waals surface area contributed by atoms with Crippen LogP contribution in [-0.4, -0.2) is 59.1 Å². The van der Waals surface area contributed by atoms with Crippen molar-refractivity contribution < 1.29 is 9.28 Å². The molecule has 0 amide bonds. The normalized spacial score (nSPS) is 22.0. The summed E-state index contributed by atoms with van der Waals surface area (Å²) in [4.78, 5) is 17.2. The average Bonchev–Trinajstić information content (AvgIpc) is 3.19. The fourth-order valence-corrected chi connectivity index (χ4v) is 3.72. The first-order valence-corrected chi connectivity index (χ1v) is 8.43. The summed E-state index contributed by atoms with van der Waals surface area (Å²) in [6.45, 7) is 7.43. The maximum atomic E-state index is 12.3. The molecule has 1 atom stereocenters. The molecule has 2 aromatic rings. The van der Waals surface area contributed by atoms with E-state index in [9.17, 15) is 4.91 Å². The van der Waals surface area contributed by atoms with Gasteiger partial charge in [0.15, 0.2) is 0 Å². The van der Waals surface area contributed by atoms with Gasteiger partial charge in [-0.05, 0) is 42.4 Å². The second-order valence-electron chi connectivity index (χ2n) is 6.49. The Kier molecular flexibility index (Phi) is 3.92. The van der Waals surface area contributed by atoms with Crippen molar-refractivity contribution in [2.75, 3.05) is 39.4 Å². The molecule has 124 valence electrons. The van der Waals surface area contributed by atoms with Gasteiger partial charge in [-0.15, -0.1) is 4.68 Å². The first-order chi connectivity index (χ1) is 11.2. The van der Waals surface area contributed by atoms with Crippen LogP contribution >= 0.6 is 0 Å². The van der Waals surface area contributed by atoms with Crippen molar-refractivity contribution in [3.05, 3.63) is 28.7 Å². The van der Waals surface area contributed by atoms with Crippen molar-refractivity contribution in [2.45, 2.75) is 26.1 Å². The summed E-state index contributed by atoms with van der Waals surface area (Å²) in [7, 11) is 0. The summed E-state index contributed by atoms with van der Waals surface area (Å²) in [6.07, 6.45) is 2.49. The Bertz CT molecular complexity index is 740. The number of hydrogen-bond donors (Lipinski definition) is 1. The number of ether oxygens (including phenoxy) is 1. The van der Waals surface area contributed by atoms with E-state index in [1.54, 1.807) is 0 Å². The van der Waals surface area contributed by atoms with Crippen LogP contribution in [0.15, 0.2) is 18.2 Å². The first kappa shape index (κ1) is 14.9. The van der Waals surface area contributed by atoms with Gasteiger partial charge in [0.05, 0.1) is 17.8 Å². The third-order valence-corrected chi connectivity index (χ3v) is 4.88. The van der Waals surface area contributed by atoms with Crippen molar-refractivity contribution in [3.63, 3.8) is 0 Å². The zero-order valence-corrected chi connectivity index (χ0v) is 13.6. The molecule has 0 saturated carbocycles. The van der Waals surface area contributed by atoms with Crippen LogP contribution in [0.2, 0.25) is 0 Å². The van der Waals surface area contributed by atoms with Crippen LogP contribution in [0.4, 0.5) is 0 Å². The Morgan fingerprint density at radius 3 is 2.57 bits per heavy atom. The molecule has 4 rings (SSSR count). The monoisotopic (exact) mass is 318 g/mol. The van der Waals surface area contributed by atoms with Crippen LogP contribution in [-0.2, 0) is 4.74 Å². The second kappa shape index (κ2) is 6.07. The van der Waals surface area contributed by atoms with E-state index in [-0.39, 0.29) is 6.29 Å². The highest BCUT2D eigenvalue weighted by atomic mass is 16.5. The number of nitrogens with one attached hydrogen (secondary N) is 1. The molecule has 7 nitrogen and oxygen atoms in total. The lowest BCUT2D eigenvalue weighted by Gasteiger charge is -2.36. The van der Waals surface area contributed by atoms with Crippen molar-refractivity contribution >= 4 is 11.0 Å². The Labute approximate surface area is 135 Å². The van der Waals surface area contributed by atoms with E-state index < -0.39 is 0 Å². The Morgan fingerprint density at radius 2 is 1.83 bits per heavy atom. The minimum Gasteiger partial charge on any atom is -0.379 e. The number of morpholine rings is 1. The van der Waals surface area contributed by atoms with E-state index in [0.29, 0.717) is 5.52 Å². The predicted molar refractivity (Wildman–Crippen MR) is 86.6 cm³/mol. The number of aryl methyl sites for hydroxylation is 1. The zero-order valence-electron chi connectivity index (χ0n) is 13.6. The van der Waals surface area contributed by atoms with Crippen LogP contribution in [0, 0.1) is 11.8 Å². The van der Waals surface area contributed by atoms with E-state index in [1.165, 1.54) is 12.8 Å². The van der Waals surface area contributed by atoms with Crippen LogP contribution in [0.3, 0.4) is 0 Å². The van der Waals surface area contributed by atoms with E-state index >= 15 is 0 Å². The largest absolute Gasteiger partial charge is 0.379 e. The van der Waals surface area contributed by atoms with Gasteiger partial charge in [-0.2, -0.15) is 0 Å². The van der Waals surface area contributed by atoms with Crippen LogP contribution in [0.25, 0.3) is 11.0 Å². The number of H-pyrrole nitrogens is 1. The molecule has 2 aliphatic rings. The van der Waals surface area contributed by atoms with Gasteiger partial charge in [-0.3, -0.25) is 0 Å². The molecule has 2 saturated heterocycles. The molecular formula is C16H24N5O2+. The minimum absolute atomic E-state index is 0.0572. The van der Waals surface area contributed by atoms with Crippen molar-refractivity contribution in [1.29, 1.82) is 0 Å². The van der Waals surface area contributed by atoms with Gasteiger partial charge in [0.2, 0.25) is 17.3 Å². The SMILES string of the molecule is Cc1ccc2c(c1)[n+](=O)[nH]n2C(N1CCCC1)N1CCOCC1. The Morgan fingerprint density at radius 1 is 1.13 bits per heavy atom. The molecule has 0 bridgehead atoms. The highest BCUT2D eigenvalue weighted by Crippen LogP contribution is 2.26. The minimum atomic E-state index is 0.0572. The third-order valence-electron chi connectivity index (χ3n) is 4.88. The molecule has 1 N–H and O–H groups in total. The average molecular weight is 318 g/mol. The van der Waals surface area contributed by atoms with E-state index in [4.69, 9.17) is 4.74 Å². The smallest absolute Gasteiger partial charge is 0.249 e. The summed E-state index contributed by atoms with van der Waals surface area (Å²) >= 11 is 0. The lowest BCUT2D eigenvalue weighted by Crippen LogP contribution is -2.49. The van der Waals surface area contributed by atoms with E-state index in [0.717, 1.165) is 55.0 Å². The van der Waals surface area contributed by atoms with Crippen LogP contribution in [0.1, 0.15) is 24.7 Å². The molecular weight excluding hydrogens is 294 g/mol. The summed E-state index contributed by atoms with van der Waals surface area (Å²) in [5, 5.41) is 3.01. The predicted octanol–water partition coefficient (Wildman–Crippen LogP) is 1.08. The molecule has 1 aromatic carbocycles. The molecule has 23 heavy (non-hydrogen) atoms. The summed E-state index contributed by atoms with van der Waals surface area (Å²) in [5.41, 5.74) is 2.74. The van der Waals surface area contributed by atoms with E-state index in [1.807, 2.05) is 23.7 Å². The van der Waals surface area contributed by atoms with Crippen molar-refractivity contribution in [3.8, 4) is 0 Å². The quantitative estimate of drug-likeness (QED) is 0.860. The molecule has 0 radical (unpaired) electrons. The number of fused-ring (bicyclic) bond motifs is 1. The van der Waals surface area contributed by atoms with Crippen LogP contribution in [0.5, 0.6) is 0 Å². The number of nitrogens with zero attached hydrogens (tertiary/aromatic N) is 4. The summed E-state index contributed by atoms with van der Waals surface area (Å²) in [6, 6.07) is 6.04. The molecule has 7 heteroatoms. The van der Waals surface area contributed by atoms with Gasteiger partial charge in [0.25, 0.3) is 0 Å². The fraction of sp³-hybridized carbons (Fsp3) is 0.625. The molecule has 0 spiro atoms. The number of aromatic nitrogens is 3. The van der Waals surface area contributed by atoms with Crippen LogP contribution < -0.4 is 4.54 Å². The van der Waals surface area contributed by atoms with Gasteiger partial charge in [0.1, 0.15) is 0 Å². The topological polar surface area (TPSA) is 59.4 Å². The lowest BCUT2D eigenvalue weighted by atomic mass is 10.2. The van der Waals surface area contributed by atoms with Gasteiger partial charge >= 0.3 is 0 Å². The Hall–Kier alpha value is -1.70. The van der Waals surface area contributed by atoms with E-state index in [2.05, 4.69) is 21.1 Å². The number of rotatable bonds is 3. The van der Waals surface area contributed by atoms with Crippen molar-refractivity contribution in [2.24, 2.45) is 0 Å². The summed E-state index contributed by atoms with van der Waals surface area (Å²) < 4.78 is 8.42. The van der Waals surface area contributed by atoms with Gasteiger partial charge in [-0.25, -0.2) is 9.80 Å². The molecule has 2 fully saturated rings. The van der Waals surface area contributed by atoms with Gasteiger partial charge in [0, 0.05) is 26.2 Å². The highest BCUT2D eigenvalue weighted by Gasteiger charge is 2.36. The number of benzene rings is 1. The molecule has 0 aliphatic carbocycles.